The summed E-state index contributed by atoms with van der Waals surface area (Å²) in [7, 11) is 1.36. The van der Waals surface area contributed by atoms with Crippen LogP contribution in [0.25, 0.3) is 0 Å². The second-order valence-electron chi connectivity index (χ2n) is 4.97. The molecule has 2 N–H and O–H groups in total. The van der Waals surface area contributed by atoms with Gasteiger partial charge in [0.2, 0.25) is 0 Å². The molecular weight excluding hydrogens is 400 g/mol. The molecule has 2 aromatic rings. The van der Waals surface area contributed by atoms with E-state index in [9.17, 15) is 25.0 Å². The second kappa shape index (κ2) is 8.38. The van der Waals surface area contributed by atoms with Gasteiger partial charge < -0.3 is 10.1 Å². The lowest BCUT2D eigenvalue weighted by atomic mass is 10.2. The summed E-state index contributed by atoms with van der Waals surface area (Å²) in [5, 5.41) is 26.5. The molecule has 0 heterocycles. The lowest BCUT2D eigenvalue weighted by Crippen LogP contribution is -2.34. The van der Waals surface area contributed by atoms with Crippen LogP contribution in [0.3, 0.4) is 0 Å². The van der Waals surface area contributed by atoms with Crippen molar-refractivity contribution in [2.75, 3.05) is 12.4 Å². The number of nitrogens with zero attached hydrogens (tertiary/aromatic N) is 2. The Morgan fingerprint density at radius 1 is 1.11 bits per heavy atom. The quantitative estimate of drug-likeness (QED) is 0.435. The molecule has 1 amide bonds. The number of thiocarbonyl (C=S) groups is 1. The second-order valence-corrected chi connectivity index (χ2v) is 5.79. The van der Waals surface area contributed by atoms with Crippen molar-refractivity contribution in [1.82, 2.24) is 5.32 Å². The summed E-state index contributed by atoms with van der Waals surface area (Å²) in [6, 6.07) is 7.51. The summed E-state index contributed by atoms with van der Waals surface area (Å²) >= 11 is 10.7. The van der Waals surface area contributed by atoms with Gasteiger partial charge in [-0.05, 0) is 36.5 Å². The first-order valence-corrected chi connectivity index (χ1v) is 7.90. The topological polar surface area (TPSA) is 137 Å². The number of nitro groups is 2. The molecule has 140 valence electrons. The van der Waals surface area contributed by atoms with Crippen LogP contribution < -0.4 is 15.4 Å². The molecule has 0 atom stereocenters. The molecule has 27 heavy (non-hydrogen) atoms. The molecule has 2 aromatic carbocycles. The first-order chi connectivity index (χ1) is 12.7. The molecule has 0 aliphatic carbocycles. The highest BCUT2D eigenvalue weighted by Gasteiger charge is 2.19. The highest BCUT2D eigenvalue weighted by molar-refractivity contribution is 7.80. The third-order valence-corrected chi connectivity index (χ3v) is 3.81. The average Bonchev–Trinajstić information content (AvgIpc) is 2.61. The zero-order valence-corrected chi connectivity index (χ0v) is 15.2. The Bertz CT molecular complexity index is 952. The molecule has 10 nitrogen and oxygen atoms in total. The van der Waals surface area contributed by atoms with Gasteiger partial charge in [0.05, 0.1) is 23.0 Å². The average molecular weight is 411 g/mol. The van der Waals surface area contributed by atoms with Gasteiger partial charge in [0.1, 0.15) is 16.5 Å². The third-order valence-electron chi connectivity index (χ3n) is 3.28. The number of nitrogens with one attached hydrogen (secondary N) is 2. The normalized spacial score (nSPS) is 10.0. The Morgan fingerprint density at radius 2 is 1.78 bits per heavy atom. The van der Waals surface area contributed by atoms with Crippen LogP contribution in [0.15, 0.2) is 36.4 Å². The Labute approximate surface area is 162 Å². The van der Waals surface area contributed by atoms with Gasteiger partial charge in [0.25, 0.3) is 17.3 Å². The number of rotatable bonds is 5. The smallest absolute Gasteiger partial charge is 0.296 e. The van der Waals surface area contributed by atoms with Crippen molar-refractivity contribution in [1.29, 1.82) is 0 Å². The molecular formula is C15H11ClN4O6S. The van der Waals surface area contributed by atoms with E-state index in [1.165, 1.54) is 37.4 Å². The van der Waals surface area contributed by atoms with Gasteiger partial charge in [-0.3, -0.25) is 30.3 Å². The lowest BCUT2D eigenvalue weighted by Gasteiger charge is -2.11. The summed E-state index contributed by atoms with van der Waals surface area (Å²) in [5.41, 5.74) is -0.769. The minimum Gasteiger partial charge on any atom is -0.496 e. The van der Waals surface area contributed by atoms with Crippen LogP contribution in [0.5, 0.6) is 5.75 Å². The van der Waals surface area contributed by atoms with Crippen LogP contribution >= 0.6 is 23.8 Å². The van der Waals surface area contributed by atoms with Gasteiger partial charge in [0.15, 0.2) is 5.11 Å². The minimum atomic E-state index is -0.747. The molecule has 0 radical (unpaired) electrons. The summed E-state index contributed by atoms with van der Waals surface area (Å²) in [5.74, 6) is -0.473. The summed E-state index contributed by atoms with van der Waals surface area (Å²) < 4.78 is 4.93. The van der Waals surface area contributed by atoms with E-state index in [1.54, 1.807) is 0 Å². The number of hydrogen-bond acceptors (Lipinski definition) is 7. The fourth-order valence-electron chi connectivity index (χ4n) is 2.02. The Balaban J connectivity index is 2.17. The fourth-order valence-corrected chi connectivity index (χ4v) is 2.41. The van der Waals surface area contributed by atoms with Crippen molar-refractivity contribution in [3.8, 4) is 5.75 Å². The van der Waals surface area contributed by atoms with E-state index >= 15 is 0 Å². The molecule has 0 spiro atoms. The van der Waals surface area contributed by atoms with Gasteiger partial charge in [-0.15, -0.1) is 0 Å². The maximum atomic E-state index is 12.2. The Hall–Kier alpha value is -3.31. The zero-order chi connectivity index (χ0) is 20.1. The molecule has 0 unspecified atom stereocenters. The predicted molar refractivity (Wildman–Crippen MR) is 101 cm³/mol. The van der Waals surface area contributed by atoms with E-state index in [-0.39, 0.29) is 32.8 Å². The SMILES string of the molecule is COc1ccc(NC(=S)NC(=O)c2ccc(Cl)c([N+](=O)[O-])c2)c([N+](=O)[O-])c1. The Kier molecular flexibility index (Phi) is 6.21. The molecule has 0 saturated heterocycles. The number of carbonyl (C=O) groups excluding carboxylic acids is 1. The van der Waals surface area contributed by atoms with Crippen LogP contribution in [0.1, 0.15) is 10.4 Å². The first kappa shape index (κ1) is 20.0. The van der Waals surface area contributed by atoms with Crippen molar-refractivity contribution in [2.45, 2.75) is 0 Å². The number of nitro benzene ring substituents is 2. The highest BCUT2D eigenvalue weighted by atomic mass is 35.5. The van der Waals surface area contributed by atoms with Gasteiger partial charge in [-0.1, -0.05) is 11.6 Å². The molecule has 0 aromatic heterocycles. The minimum absolute atomic E-state index is 0.0354. The van der Waals surface area contributed by atoms with Crippen LogP contribution in [0, 0.1) is 20.2 Å². The molecule has 0 fully saturated rings. The van der Waals surface area contributed by atoms with Crippen LogP contribution in [0.2, 0.25) is 5.02 Å². The van der Waals surface area contributed by atoms with E-state index in [1.807, 2.05) is 0 Å². The maximum Gasteiger partial charge on any atom is 0.296 e. The van der Waals surface area contributed by atoms with E-state index in [4.69, 9.17) is 28.6 Å². The van der Waals surface area contributed by atoms with E-state index in [0.717, 1.165) is 6.07 Å². The lowest BCUT2D eigenvalue weighted by molar-refractivity contribution is -0.384. The van der Waals surface area contributed by atoms with Crippen LogP contribution in [0.4, 0.5) is 17.1 Å². The van der Waals surface area contributed by atoms with Crippen molar-refractivity contribution in [3.63, 3.8) is 0 Å². The van der Waals surface area contributed by atoms with E-state index in [0.29, 0.717) is 0 Å². The number of halogens is 1. The third kappa shape index (κ3) is 4.86. The van der Waals surface area contributed by atoms with Crippen LogP contribution in [-0.2, 0) is 0 Å². The molecule has 2 rings (SSSR count). The largest absolute Gasteiger partial charge is 0.496 e. The van der Waals surface area contributed by atoms with Crippen molar-refractivity contribution < 1.29 is 19.4 Å². The monoisotopic (exact) mass is 410 g/mol. The number of benzene rings is 2. The van der Waals surface area contributed by atoms with Crippen molar-refractivity contribution in [3.05, 3.63) is 67.2 Å². The number of carbonyl (C=O) groups is 1. The Morgan fingerprint density at radius 3 is 2.37 bits per heavy atom. The summed E-state index contributed by atoms with van der Waals surface area (Å²) in [6.07, 6.45) is 0. The standard InChI is InChI=1S/C15H11ClN4O6S/c1-26-9-3-5-11(13(7-9)20(24)25)17-15(27)18-14(21)8-2-4-10(16)12(6-8)19(22)23/h2-7H,1H3,(H2,17,18,21,27). The number of ether oxygens (including phenoxy) is 1. The first-order valence-electron chi connectivity index (χ1n) is 7.11. The highest BCUT2D eigenvalue weighted by Crippen LogP contribution is 2.29. The number of amides is 1. The van der Waals surface area contributed by atoms with Gasteiger partial charge in [-0.2, -0.15) is 0 Å². The van der Waals surface area contributed by atoms with E-state index in [2.05, 4.69) is 10.6 Å². The molecule has 12 heteroatoms. The molecule has 0 bridgehead atoms. The van der Waals surface area contributed by atoms with Gasteiger partial charge in [-0.25, -0.2) is 0 Å². The number of methoxy groups -OCH3 is 1. The zero-order valence-electron chi connectivity index (χ0n) is 13.6. The summed E-state index contributed by atoms with van der Waals surface area (Å²) in [4.78, 5) is 32.9. The van der Waals surface area contributed by atoms with Gasteiger partial charge >= 0.3 is 0 Å². The van der Waals surface area contributed by atoms with Gasteiger partial charge in [0, 0.05) is 11.6 Å². The molecule has 0 aliphatic rings. The fraction of sp³-hybridized carbons (Fsp3) is 0.0667. The van der Waals surface area contributed by atoms with Crippen molar-refractivity contribution >= 4 is 51.9 Å². The number of anilines is 1. The van der Waals surface area contributed by atoms with Crippen LogP contribution in [-0.4, -0.2) is 28.0 Å². The molecule has 0 aliphatic heterocycles. The molecule has 0 saturated carbocycles. The summed E-state index contributed by atoms with van der Waals surface area (Å²) in [6.45, 7) is 0. The maximum absolute atomic E-state index is 12.2. The van der Waals surface area contributed by atoms with Crippen molar-refractivity contribution in [2.24, 2.45) is 0 Å². The van der Waals surface area contributed by atoms with E-state index < -0.39 is 21.4 Å². The number of hydrogen-bond donors (Lipinski definition) is 2. The predicted octanol–water partition coefficient (Wildman–Crippen LogP) is 3.29.